The molecule has 8 heteroatoms. The minimum atomic E-state index is -0.197. The number of benzene rings is 2. The zero-order valence-electron chi connectivity index (χ0n) is 19.7. The summed E-state index contributed by atoms with van der Waals surface area (Å²) in [7, 11) is 1.62. The summed E-state index contributed by atoms with van der Waals surface area (Å²) < 4.78 is 16.3. The van der Waals surface area contributed by atoms with Gasteiger partial charge in [0.1, 0.15) is 19.0 Å². The Bertz CT molecular complexity index is 946. The Kier molecular flexibility index (Phi) is 8.54. The second kappa shape index (κ2) is 11.6. The summed E-state index contributed by atoms with van der Waals surface area (Å²) in [6, 6.07) is 12.9. The zero-order valence-corrected chi connectivity index (χ0v) is 19.7. The van der Waals surface area contributed by atoms with Gasteiger partial charge in [-0.1, -0.05) is 32.9 Å². The van der Waals surface area contributed by atoms with Gasteiger partial charge in [0.15, 0.2) is 11.5 Å². The van der Waals surface area contributed by atoms with Crippen LogP contribution in [0.25, 0.3) is 0 Å². The van der Waals surface area contributed by atoms with Gasteiger partial charge in [-0.05, 0) is 42.3 Å². The van der Waals surface area contributed by atoms with Crippen molar-refractivity contribution in [2.24, 2.45) is 5.92 Å². The average molecular weight is 456 g/mol. The van der Waals surface area contributed by atoms with Gasteiger partial charge < -0.3 is 24.8 Å². The number of anilines is 1. The molecule has 8 nitrogen and oxygen atoms in total. The van der Waals surface area contributed by atoms with Crippen LogP contribution in [-0.4, -0.2) is 56.7 Å². The van der Waals surface area contributed by atoms with Crippen molar-refractivity contribution in [3.8, 4) is 17.2 Å². The maximum atomic E-state index is 12.8. The van der Waals surface area contributed by atoms with Crippen LogP contribution in [0.1, 0.15) is 32.4 Å². The van der Waals surface area contributed by atoms with Gasteiger partial charge in [0, 0.05) is 11.8 Å². The van der Waals surface area contributed by atoms with Gasteiger partial charge in [-0.25, -0.2) is 0 Å². The lowest BCUT2D eigenvalue weighted by Gasteiger charge is -2.25. The number of carbonyl (C=O) groups excluding carboxylic acids is 2. The number of amides is 2. The molecule has 1 atom stereocenters. The molecular weight excluding hydrogens is 422 g/mol. The van der Waals surface area contributed by atoms with E-state index in [0.717, 1.165) is 11.3 Å². The minimum absolute atomic E-state index is 0.104. The Morgan fingerprint density at radius 2 is 1.67 bits per heavy atom. The normalized spacial score (nSPS) is 13.5. The van der Waals surface area contributed by atoms with Crippen LogP contribution >= 0.6 is 0 Å². The maximum Gasteiger partial charge on any atom is 0.238 e. The fourth-order valence-electron chi connectivity index (χ4n) is 3.67. The predicted octanol–water partition coefficient (Wildman–Crippen LogP) is 3.24. The van der Waals surface area contributed by atoms with Crippen LogP contribution in [0.5, 0.6) is 17.2 Å². The molecule has 0 bridgehead atoms. The second-order valence-electron chi connectivity index (χ2n) is 8.27. The van der Waals surface area contributed by atoms with E-state index in [1.165, 1.54) is 0 Å². The number of fused-ring (bicyclic) bond motifs is 1. The van der Waals surface area contributed by atoms with Crippen molar-refractivity contribution in [3.63, 3.8) is 0 Å². The molecule has 178 valence electrons. The number of nitrogens with one attached hydrogen (secondary N) is 2. The summed E-state index contributed by atoms with van der Waals surface area (Å²) in [4.78, 5) is 27.2. The highest BCUT2D eigenvalue weighted by molar-refractivity contribution is 5.93. The highest BCUT2D eigenvalue weighted by atomic mass is 16.6. The summed E-state index contributed by atoms with van der Waals surface area (Å²) in [5, 5.41) is 5.97. The van der Waals surface area contributed by atoms with E-state index in [0.29, 0.717) is 36.9 Å². The number of methoxy groups -OCH3 is 1. The van der Waals surface area contributed by atoms with Gasteiger partial charge >= 0.3 is 0 Å². The highest BCUT2D eigenvalue weighted by Gasteiger charge is 2.21. The molecule has 2 aromatic rings. The van der Waals surface area contributed by atoms with Crippen molar-refractivity contribution < 1.29 is 23.8 Å². The molecule has 1 aliphatic heterocycles. The molecular formula is C25H33N3O5. The van der Waals surface area contributed by atoms with Crippen LogP contribution < -0.4 is 24.8 Å². The third-order valence-corrected chi connectivity index (χ3v) is 5.47. The molecule has 1 unspecified atom stereocenters. The van der Waals surface area contributed by atoms with Crippen LogP contribution in [-0.2, 0) is 9.59 Å². The topological polar surface area (TPSA) is 89.1 Å². The van der Waals surface area contributed by atoms with Crippen molar-refractivity contribution in [3.05, 3.63) is 48.0 Å². The van der Waals surface area contributed by atoms with Crippen molar-refractivity contribution >= 4 is 17.5 Å². The van der Waals surface area contributed by atoms with Gasteiger partial charge in [0.05, 0.1) is 26.2 Å². The number of carbonyl (C=O) groups is 2. The fourth-order valence-corrected chi connectivity index (χ4v) is 3.67. The van der Waals surface area contributed by atoms with Crippen molar-refractivity contribution in [1.82, 2.24) is 10.2 Å². The van der Waals surface area contributed by atoms with Crippen molar-refractivity contribution in [1.29, 1.82) is 0 Å². The molecule has 2 aromatic carbocycles. The van der Waals surface area contributed by atoms with Crippen LogP contribution in [0.4, 0.5) is 5.69 Å². The number of likely N-dealkylation sites (N-methyl/N-ethyl adjacent to an activating group) is 1. The quantitative estimate of drug-likeness (QED) is 0.572. The average Bonchev–Trinajstić information content (AvgIpc) is 2.82. The van der Waals surface area contributed by atoms with Gasteiger partial charge in [-0.3, -0.25) is 14.5 Å². The number of rotatable bonds is 10. The summed E-state index contributed by atoms with van der Waals surface area (Å²) in [5.41, 5.74) is 1.64. The van der Waals surface area contributed by atoms with E-state index in [9.17, 15) is 9.59 Å². The highest BCUT2D eigenvalue weighted by Crippen LogP contribution is 2.32. The molecule has 2 amide bonds. The first-order chi connectivity index (χ1) is 15.9. The fraction of sp³-hybridized carbons (Fsp3) is 0.440. The van der Waals surface area contributed by atoms with E-state index in [4.69, 9.17) is 14.2 Å². The summed E-state index contributed by atoms with van der Waals surface area (Å²) in [6.45, 7) is 7.85. The number of nitrogens with zero attached hydrogens (tertiary/aromatic N) is 1. The Morgan fingerprint density at radius 1 is 1.00 bits per heavy atom. The lowest BCUT2D eigenvalue weighted by atomic mass is 9.96. The molecule has 0 aromatic heterocycles. The van der Waals surface area contributed by atoms with Crippen molar-refractivity contribution in [2.45, 2.75) is 26.8 Å². The smallest absolute Gasteiger partial charge is 0.238 e. The number of hydrogen-bond donors (Lipinski definition) is 2. The van der Waals surface area contributed by atoms with Gasteiger partial charge in [-0.15, -0.1) is 0 Å². The Balaban J connectivity index is 1.55. The molecule has 0 saturated carbocycles. The molecule has 0 radical (unpaired) electrons. The standard InChI is InChI=1S/C25H33N3O5/c1-5-28(15-23(29)26-19-8-11-21-22(14-19)33-13-12-32-21)16-24(30)27-25(17(2)3)18-6-9-20(31-4)10-7-18/h6-11,14,17,25H,5,12-13,15-16H2,1-4H3,(H,26,29)(H,27,30). The first kappa shape index (κ1) is 24.4. The van der Waals surface area contributed by atoms with E-state index < -0.39 is 0 Å². The van der Waals surface area contributed by atoms with E-state index in [1.54, 1.807) is 30.2 Å². The molecule has 2 N–H and O–H groups in total. The van der Waals surface area contributed by atoms with E-state index in [2.05, 4.69) is 24.5 Å². The third kappa shape index (κ3) is 6.86. The Morgan fingerprint density at radius 3 is 2.30 bits per heavy atom. The summed E-state index contributed by atoms with van der Waals surface area (Å²) in [6.07, 6.45) is 0. The Labute approximate surface area is 195 Å². The number of hydrogen-bond acceptors (Lipinski definition) is 6. The molecule has 1 aliphatic rings. The van der Waals surface area contributed by atoms with E-state index in [1.807, 2.05) is 31.2 Å². The molecule has 0 aliphatic carbocycles. The molecule has 33 heavy (non-hydrogen) atoms. The van der Waals surface area contributed by atoms with Crippen molar-refractivity contribution in [2.75, 3.05) is 45.3 Å². The summed E-state index contributed by atoms with van der Waals surface area (Å²) in [5.74, 6) is 1.94. The summed E-state index contributed by atoms with van der Waals surface area (Å²) >= 11 is 0. The predicted molar refractivity (Wildman–Crippen MR) is 127 cm³/mol. The zero-order chi connectivity index (χ0) is 23.8. The van der Waals surface area contributed by atoms with Gasteiger partial charge in [0.25, 0.3) is 0 Å². The first-order valence-corrected chi connectivity index (χ1v) is 11.2. The number of ether oxygens (including phenoxy) is 3. The van der Waals surface area contributed by atoms with Crippen LogP contribution in [0.2, 0.25) is 0 Å². The molecule has 0 spiro atoms. The minimum Gasteiger partial charge on any atom is -0.497 e. The molecule has 0 fully saturated rings. The van der Waals surface area contributed by atoms with Crippen LogP contribution in [0.3, 0.4) is 0 Å². The third-order valence-electron chi connectivity index (χ3n) is 5.47. The SMILES string of the molecule is CCN(CC(=O)Nc1ccc2c(c1)OCCO2)CC(=O)NC(c1ccc(OC)cc1)C(C)C. The van der Waals surface area contributed by atoms with Crippen LogP contribution in [0.15, 0.2) is 42.5 Å². The van der Waals surface area contributed by atoms with Gasteiger partial charge in [-0.2, -0.15) is 0 Å². The van der Waals surface area contributed by atoms with Crippen LogP contribution in [0, 0.1) is 5.92 Å². The molecule has 3 rings (SSSR count). The lowest BCUT2D eigenvalue weighted by molar-refractivity contribution is -0.124. The monoisotopic (exact) mass is 455 g/mol. The first-order valence-electron chi connectivity index (χ1n) is 11.2. The van der Waals surface area contributed by atoms with Gasteiger partial charge in [0.2, 0.25) is 11.8 Å². The second-order valence-corrected chi connectivity index (χ2v) is 8.27. The van der Waals surface area contributed by atoms with E-state index >= 15 is 0 Å². The largest absolute Gasteiger partial charge is 0.497 e. The molecule has 0 saturated heterocycles. The van der Waals surface area contributed by atoms with E-state index in [-0.39, 0.29) is 36.9 Å². The molecule has 1 heterocycles. The lowest BCUT2D eigenvalue weighted by Crippen LogP contribution is -2.42. The Hall–Kier alpha value is -3.26. The maximum absolute atomic E-state index is 12.8.